The normalized spacial score (nSPS) is 45.0. The highest BCUT2D eigenvalue weighted by atomic mass is 16.8. The first-order chi connectivity index (χ1) is 12.2. The number of fused-ring (bicyclic) bond motifs is 1. The molecule has 5 atom stereocenters. The molecule has 0 aromatic carbocycles. The van der Waals surface area contributed by atoms with Crippen molar-refractivity contribution < 1.29 is 23.7 Å². The van der Waals surface area contributed by atoms with Crippen molar-refractivity contribution in [1.82, 2.24) is 0 Å². The van der Waals surface area contributed by atoms with Crippen LogP contribution in [0.3, 0.4) is 0 Å². The molecule has 1 unspecified atom stereocenters. The zero-order valence-corrected chi connectivity index (χ0v) is 14.6. The first-order valence-electron chi connectivity index (χ1n) is 9.88. The van der Waals surface area contributed by atoms with Gasteiger partial charge < -0.3 is 23.7 Å². The number of nitroso groups, excluding NO2 is 1. The number of rotatable bonds is 2. The van der Waals surface area contributed by atoms with Gasteiger partial charge in [-0.25, -0.2) is 0 Å². The maximum Gasteiger partial charge on any atom is 0.190 e. The van der Waals surface area contributed by atoms with Gasteiger partial charge in [0.2, 0.25) is 0 Å². The van der Waals surface area contributed by atoms with Crippen LogP contribution >= 0.6 is 0 Å². The second-order valence-corrected chi connectivity index (χ2v) is 8.18. The zero-order chi connectivity index (χ0) is 16.9. The van der Waals surface area contributed by atoms with Crippen LogP contribution in [0.15, 0.2) is 5.18 Å². The molecule has 0 bridgehead atoms. The van der Waals surface area contributed by atoms with Crippen molar-refractivity contribution in [3.05, 3.63) is 4.91 Å². The summed E-state index contributed by atoms with van der Waals surface area (Å²) in [7, 11) is 0. The summed E-state index contributed by atoms with van der Waals surface area (Å²) in [5, 5.41) is 3.35. The van der Waals surface area contributed by atoms with E-state index in [1.807, 2.05) is 0 Å². The molecule has 25 heavy (non-hydrogen) atoms. The molecule has 0 aromatic rings. The Morgan fingerprint density at radius 3 is 2.12 bits per heavy atom. The summed E-state index contributed by atoms with van der Waals surface area (Å²) in [6, 6.07) is -0.598. The molecule has 2 saturated carbocycles. The quantitative estimate of drug-likeness (QED) is 0.711. The van der Waals surface area contributed by atoms with Gasteiger partial charge in [-0.05, 0) is 25.7 Å². The zero-order valence-electron chi connectivity index (χ0n) is 14.6. The van der Waals surface area contributed by atoms with E-state index in [9.17, 15) is 4.91 Å². The molecule has 0 aromatic heterocycles. The van der Waals surface area contributed by atoms with Crippen LogP contribution in [0.1, 0.15) is 64.2 Å². The monoisotopic (exact) mass is 353 g/mol. The summed E-state index contributed by atoms with van der Waals surface area (Å²) in [4.78, 5) is 11.6. The molecule has 140 valence electrons. The Balaban J connectivity index is 1.28. The van der Waals surface area contributed by atoms with Crippen LogP contribution < -0.4 is 0 Å². The van der Waals surface area contributed by atoms with Crippen molar-refractivity contribution in [2.45, 2.75) is 106 Å². The first kappa shape index (κ1) is 16.6. The molecule has 2 aliphatic carbocycles. The van der Waals surface area contributed by atoms with Gasteiger partial charge in [0, 0.05) is 25.7 Å². The van der Waals surface area contributed by atoms with Crippen LogP contribution in [-0.2, 0) is 23.7 Å². The highest BCUT2D eigenvalue weighted by molar-refractivity contribution is 5.03. The molecule has 0 amide bonds. The lowest BCUT2D eigenvalue weighted by Gasteiger charge is -2.34. The Morgan fingerprint density at radius 2 is 1.44 bits per heavy atom. The van der Waals surface area contributed by atoms with E-state index in [1.165, 1.54) is 12.8 Å². The summed E-state index contributed by atoms with van der Waals surface area (Å²) < 4.78 is 30.7. The molecule has 7 heteroatoms. The highest BCUT2D eigenvalue weighted by Gasteiger charge is 2.61. The lowest BCUT2D eigenvalue weighted by Crippen LogP contribution is -2.43. The van der Waals surface area contributed by atoms with E-state index in [-0.39, 0.29) is 6.10 Å². The molecule has 2 spiro atoms. The summed E-state index contributed by atoms with van der Waals surface area (Å²) in [5.41, 5.74) is 0. The van der Waals surface area contributed by atoms with Crippen LogP contribution in [0.5, 0.6) is 0 Å². The van der Waals surface area contributed by atoms with Gasteiger partial charge in [0.15, 0.2) is 23.9 Å². The van der Waals surface area contributed by atoms with Gasteiger partial charge in [-0.15, -0.1) is 0 Å². The van der Waals surface area contributed by atoms with Crippen LogP contribution in [0.25, 0.3) is 0 Å². The van der Waals surface area contributed by atoms with E-state index in [1.54, 1.807) is 0 Å². The second-order valence-electron chi connectivity index (χ2n) is 8.18. The second kappa shape index (κ2) is 6.23. The predicted molar refractivity (Wildman–Crippen MR) is 86.7 cm³/mol. The predicted octanol–water partition coefficient (Wildman–Crippen LogP) is 3.00. The van der Waals surface area contributed by atoms with Crippen molar-refractivity contribution in [3.63, 3.8) is 0 Å². The Kier molecular flexibility index (Phi) is 4.13. The third-order valence-corrected chi connectivity index (χ3v) is 6.51. The summed E-state index contributed by atoms with van der Waals surface area (Å²) in [6.45, 7) is 0.446. The van der Waals surface area contributed by atoms with Crippen LogP contribution in [0, 0.1) is 4.91 Å². The lowest BCUT2D eigenvalue weighted by molar-refractivity contribution is -0.251. The fourth-order valence-electron chi connectivity index (χ4n) is 5.21. The summed E-state index contributed by atoms with van der Waals surface area (Å²) >= 11 is 0. The molecular formula is C18H27NO6. The fourth-order valence-corrected chi connectivity index (χ4v) is 5.21. The average Bonchev–Trinajstić information content (AvgIpc) is 3.27. The van der Waals surface area contributed by atoms with Crippen LogP contribution in [0.4, 0.5) is 0 Å². The Morgan fingerprint density at radius 1 is 0.760 bits per heavy atom. The van der Waals surface area contributed by atoms with Gasteiger partial charge in [0.1, 0.15) is 18.3 Å². The van der Waals surface area contributed by atoms with E-state index in [4.69, 9.17) is 23.7 Å². The van der Waals surface area contributed by atoms with Gasteiger partial charge in [0.25, 0.3) is 0 Å². The Labute approximate surface area is 147 Å². The molecule has 5 fully saturated rings. The number of nitrogens with zero attached hydrogens (tertiary/aromatic N) is 1. The van der Waals surface area contributed by atoms with Crippen molar-refractivity contribution in [3.8, 4) is 0 Å². The lowest BCUT2D eigenvalue weighted by atomic mass is 9.94. The maximum atomic E-state index is 11.6. The van der Waals surface area contributed by atoms with Gasteiger partial charge in [0.05, 0.1) is 6.61 Å². The fraction of sp³-hybridized carbons (Fsp3) is 1.00. The third-order valence-electron chi connectivity index (χ3n) is 6.51. The third kappa shape index (κ3) is 2.75. The largest absolute Gasteiger partial charge is 0.347 e. The molecule has 5 aliphatic rings. The van der Waals surface area contributed by atoms with Gasteiger partial charge in [-0.2, -0.15) is 4.91 Å². The van der Waals surface area contributed by atoms with Gasteiger partial charge >= 0.3 is 0 Å². The first-order valence-corrected chi connectivity index (χ1v) is 9.88. The van der Waals surface area contributed by atoms with Crippen LogP contribution in [0.2, 0.25) is 0 Å². The van der Waals surface area contributed by atoms with Crippen molar-refractivity contribution >= 4 is 0 Å². The number of hydrogen-bond donors (Lipinski definition) is 0. The van der Waals surface area contributed by atoms with E-state index in [0.29, 0.717) is 6.61 Å². The number of ether oxygens (including phenoxy) is 5. The number of hydrogen-bond acceptors (Lipinski definition) is 7. The van der Waals surface area contributed by atoms with Crippen molar-refractivity contribution in [2.24, 2.45) is 5.18 Å². The molecule has 0 N–H and O–H groups in total. The minimum Gasteiger partial charge on any atom is -0.347 e. The van der Waals surface area contributed by atoms with Crippen LogP contribution in [-0.4, -0.2) is 48.8 Å². The Bertz CT molecular complexity index is 516. The summed E-state index contributed by atoms with van der Waals surface area (Å²) in [5.74, 6) is -1.05. The molecule has 7 nitrogen and oxygen atoms in total. The smallest absolute Gasteiger partial charge is 0.190 e. The van der Waals surface area contributed by atoms with Gasteiger partial charge in [-0.1, -0.05) is 18.0 Å². The minimum atomic E-state index is -0.598. The topological polar surface area (TPSA) is 75.6 Å². The van der Waals surface area contributed by atoms with E-state index < -0.39 is 36.1 Å². The molecule has 5 rings (SSSR count). The summed E-state index contributed by atoms with van der Waals surface area (Å²) in [6.07, 6.45) is 8.74. The SMILES string of the molecule is O=N[C@@H]1[C@H]2OC3(CCCCC3)O[C@H]2O[C@@H]1C1COC2(CCCCC2)O1. The Hall–Kier alpha value is -0.600. The van der Waals surface area contributed by atoms with E-state index >= 15 is 0 Å². The molecule has 0 radical (unpaired) electrons. The van der Waals surface area contributed by atoms with E-state index in [0.717, 1.165) is 51.4 Å². The standard InChI is InChI=1S/C18H27NO6/c20-19-13-14(12-11-21-17(23-12)7-3-1-4-8-17)22-16-15(13)24-18(25-16)9-5-2-6-10-18/h12-16H,1-11H2/t12?,13-,14+,15+,16+/m0/s1. The van der Waals surface area contributed by atoms with Crippen molar-refractivity contribution in [1.29, 1.82) is 0 Å². The maximum absolute atomic E-state index is 11.6. The van der Waals surface area contributed by atoms with Gasteiger partial charge in [-0.3, -0.25) is 0 Å². The highest BCUT2D eigenvalue weighted by Crippen LogP contribution is 2.48. The molecule has 3 saturated heterocycles. The molecular weight excluding hydrogens is 326 g/mol. The van der Waals surface area contributed by atoms with Crippen molar-refractivity contribution in [2.75, 3.05) is 6.61 Å². The molecule has 3 aliphatic heterocycles. The minimum absolute atomic E-state index is 0.277. The average molecular weight is 353 g/mol. The molecule has 3 heterocycles. The van der Waals surface area contributed by atoms with E-state index in [2.05, 4.69) is 5.18 Å².